The Morgan fingerprint density at radius 1 is 1.02 bits per heavy atom. The number of benzene rings is 3. The fourth-order valence-corrected chi connectivity index (χ4v) is 5.25. The highest BCUT2D eigenvalue weighted by Gasteiger charge is 2.28. The summed E-state index contributed by atoms with van der Waals surface area (Å²) in [6, 6.07) is 22.2. The van der Waals surface area contributed by atoms with Crippen molar-refractivity contribution in [2.24, 2.45) is 0 Å². The van der Waals surface area contributed by atoms with Gasteiger partial charge in [-0.3, -0.25) is 4.79 Å². The first-order valence-electron chi connectivity index (χ1n) is 13.9. The summed E-state index contributed by atoms with van der Waals surface area (Å²) < 4.78 is 0. The largest absolute Gasteiger partial charge is 0.340 e. The topological polar surface area (TPSA) is 135 Å². The summed E-state index contributed by atoms with van der Waals surface area (Å²) >= 11 is 0. The van der Waals surface area contributed by atoms with Gasteiger partial charge in [0.05, 0.1) is 11.6 Å². The fourth-order valence-electron chi connectivity index (χ4n) is 5.25. The average molecular weight is 559 g/mol. The SMILES string of the molecule is Cc1cnc2nc1Nc1ccc(NC(=O)N[C@H]3CCN(C(=O)c4ccc(C#N)cc4)C3)c(c1)CCc1cccc(c1)N2. The molecule has 3 amide bonds. The van der Waals surface area contributed by atoms with Crippen LogP contribution in [0.5, 0.6) is 0 Å². The van der Waals surface area contributed by atoms with Gasteiger partial charge in [0.25, 0.3) is 5.91 Å². The van der Waals surface area contributed by atoms with Crippen LogP contribution >= 0.6 is 0 Å². The number of aromatic nitrogens is 2. The normalized spacial score (nSPS) is 15.5. The molecule has 2 aliphatic heterocycles. The number of rotatable bonds is 3. The summed E-state index contributed by atoms with van der Waals surface area (Å²) in [5.41, 5.74) is 6.59. The number of nitrogens with one attached hydrogen (secondary N) is 4. The fraction of sp³-hybridized carbons (Fsp3) is 0.219. The van der Waals surface area contributed by atoms with Gasteiger partial charge in [0, 0.05) is 53.5 Å². The van der Waals surface area contributed by atoms with Crippen molar-refractivity contribution in [2.75, 3.05) is 29.0 Å². The number of urea groups is 1. The lowest BCUT2D eigenvalue weighted by molar-refractivity contribution is 0.0789. The average Bonchev–Trinajstić information content (AvgIpc) is 3.46. The van der Waals surface area contributed by atoms with Crippen molar-refractivity contribution in [3.8, 4) is 6.07 Å². The number of hydrogen-bond donors (Lipinski definition) is 4. The smallest absolute Gasteiger partial charge is 0.319 e. The minimum Gasteiger partial charge on any atom is -0.340 e. The highest BCUT2D eigenvalue weighted by Crippen LogP contribution is 2.28. The van der Waals surface area contributed by atoms with Gasteiger partial charge >= 0.3 is 6.03 Å². The number of fused-ring (bicyclic) bond motifs is 6. The molecule has 1 atom stereocenters. The number of aryl methyl sites for hydroxylation is 3. The van der Waals surface area contributed by atoms with E-state index in [2.05, 4.69) is 49.4 Å². The minimum atomic E-state index is -0.310. The maximum absolute atomic E-state index is 13.1. The van der Waals surface area contributed by atoms with Crippen LogP contribution in [0.25, 0.3) is 0 Å². The molecule has 1 aromatic heterocycles. The molecule has 0 aliphatic carbocycles. The van der Waals surface area contributed by atoms with E-state index in [0.717, 1.165) is 40.2 Å². The molecule has 0 radical (unpaired) electrons. The Morgan fingerprint density at radius 2 is 1.86 bits per heavy atom. The van der Waals surface area contributed by atoms with Gasteiger partial charge < -0.3 is 26.2 Å². The lowest BCUT2D eigenvalue weighted by atomic mass is 10.0. The van der Waals surface area contributed by atoms with Gasteiger partial charge in [-0.1, -0.05) is 12.1 Å². The van der Waals surface area contributed by atoms with Crippen LogP contribution in [-0.2, 0) is 12.8 Å². The Balaban J connectivity index is 1.16. The van der Waals surface area contributed by atoms with E-state index in [1.807, 2.05) is 37.3 Å². The number of likely N-dealkylation sites (tertiary alicyclic amines) is 1. The van der Waals surface area contributed by atoms with Crippen LogP contribution in [0.15, 0.2) is 72.9 Å². The minimum absolute atomic E-state index is 0.108. The van der Waals surface area contributed by atoms with Crippen molar-refractivity contribution < 1.29 is 9.59 Å². The Hall–Kier alpha value is -5.43. The van der Waals surface area contributed by atoms with E-state index in [1.165, 1.54) is 0 Å². The molecule has 1 saturated heterocycles. The molecule has 210 valence electrons. The van der Waals surface area contributed by atoms with Crippen molar-refractivity contribution in [1.82, 2.24) is 20.2 Å². The third kappa shape index (κ3) is 6.00. The molecule has 10 heteroatoms. The number of nitrogens with zero attached hydrogens (tertiary/aromatic N) is 4. The Morgan fingerprint density at radius 3 is 2.69 bits per heavy atom. The van der Waals surface area contributed by atoms with E-state index < -0.39 is 0 Å². The number of carbonyl (C=O) groups excluding carboxylic acids is 2. The van der Waals surface area contributed by atoms with Crippen molar-refractivity contribution >= 4 is 40.8 Å². The predicted octanol–water partition coefficient (Wildman–Crippen LogP) is 5.28. The second-order valence-electron chi connectivity index (χ2n) is 10.6. The Labute approximate surface area is 243 Å². The molecule has 0 unspecified atom stereocenters. The molecule has 42 heavy (non-hydrogen) atoms. The third-order valence-corrected chi connectivity index (χ3v) is 7.53. The van der Waals surface area contributed by atoms with Gasteiger partial charge in [0.15, 0.2) is 0 Å². The maximum atomic E-state index is 13.1. The molecule has 4 N–H and O–H groups in total. The summed E-state index contributed by atoms with van der Waals surface area (Å²) in [7, 11) is 0. The first-order valence-corrected chi connectivity index (χ1v) is 13.9. The van der Waals surface area contributed by atoms with E-state index in [0.29, 0.717) is 48.8 Å². The highest BCUT2D eigenvalue weighted by atomic mass is 16.2. The number of amides is 3. The van der Waals surface area contributed by atoms with Gasteiger partial charge in [-0.15, -0.1) is 0 Å². The highest BCUT2D eigenvalue weighted by molar-refractivity contribution is 5.95. The summed E-state index contributed by atoms with van der Waals surface area (Å²) in [6.07, 6.45) is 3.94. The summed E-state index contributed by atoms with van der Waals surface area (Å²) in [4.78, 5) is 36.8. The molecule has 6 rings (SSSR count). The Bertz CT molecular complexity index is 1700. The van der Waals surface area contributed by atoms with Crippen molar-refractivity contribution in [1.29, 1.82) is 5.26 Å². The molecule has 1 fully saturated rings. The lowest BCUT2D eigenvalue weighted by Crippen LogP contribution is -2.40. The van der Waals surface area contributed by atoms with Crippen LogP contribution in [0.1, 0.15) is 39.0 Å². The van der Waals surface area contributed by atoms with Gasteiger partial charge in [-0.05, 0) is 91.9 Å². The molecular formula is C32H30N8O2. The molecular weight excluding hydrogens is 528 g/mol. The second kappa shape index (κ2) is 11.6. The monoisotopic (exact) mass is 558 g/mol. The van der Waals surface area contributed by atoms with Crippen LogP contribution < -0.4 is 21.3 Å². The first kappa shape index (κ1) is 26.8. The van der Waals surface area contributed by atoms with Gasteiger partial charge in [0.1, 0.15) is 5.82 Å². The molecule has 2 aliphatic rings. The number of nitriles is 1. The zero-order valence-corrected chi connectivity index (χ0v) is 23.1. The molecule has 0 spiro atoms. The van der Waals surface area contributed by atoms with Crippen LogP contribution in [0.3, 0.4) is 0 Å². The van der Waals surface area contributed by atoms with Crippen LogP contribution in [-0.4, -0.2) is 45.9 Å². The van der Waals surface area contributed by atoms with Crippen LogP contribution in [0, 0.1) is 18.3 Å². The quantitative estimate of drug-likeness (QED) is 0.269. The number of hydrogen-bond acceptors (Lipinski definition) is 7. The summed E-state index contributed by atoms with van der Waals surface area (Å²) in [5.74, 6) is 1.11. The first-order chi connectivity index (χ1) is 20.4. The van der Waals surface area contributed by atoms with Crippen molar-refractivity contribution in [3.05, 3.63) is 101 Å². The molecule has 10 nitrogen and oxygen atoms in total. The number of carbonyl (C=O) groups is 2. The molecule has 3 heterocycles. The Kier molecular flexibility index (Phi) is 7.39. The molecule has 0 saturated carbocycles. The van der Waals surface area contributed by atoms with Crippen LogP contribution in [0.2, 0.25) is 0 Å². The zero-order chi connectivity index (χ0) is 29.1. The lowest BCUT2D eigenvalue weighted by Gasteiger charge is -2.19. The maximum Gasteiger partial charge on any atom is 0.319 e. The molecule has 6 bridgehead atoms. The van der Waals surface area contributed by atoms with E-state index in [9.17, 15) is 9.59 Å². The van der Waals surface area contributed by atoms with Crippen molar-refractivity contribution in [2.45, 2.75) is 32.2 Å². The second-order valence-corrected chi connectivity index (χ2v) is 10.6. The van der Waals surface area contributed by atoms with E-state index >= 15 is 0 Å². The zero-order valence-electron chi connectivity index (χ0n) is 23.1. The van der Waals surface area contributed by atoms with Crippen molar-refractivity contribution in [3.63, 3.8) is 0 Å². The third-order valence-electron chi connectivity index (χ3n) is 7.53. The van der Waals surface area contributed by atoms with Crippen LogP contribution in [0.4, 0.5) is 33.6 Å². The molecule has 3 aromatic carbocycles. The van der Waals surface area contributed by atoms with Gasteiger partial charge in [-0.2, -0.15) is 10.2 Å². The van der Waals surface area contributed by atoms with E-state index in [-0.39, 0.29) is 18.0 Å². The van der Waals surface area contributed by atoms with Gasteiger partial charge in [-0.25, -0.2) is 9.78 Å². The number of anilines is 5. The van der Waals surface area contributed by atoms with E-state index in [1.54, 1.807) is 35.4 Å². The van der Waals surface area contributed by atoms with Gasteiger partial charge in [0.2, 0.25) is 5.95 Å². The standard InChI is InChI=1S/C32H30N8O2/c1-20-18-34-31-36-25-4-2-3-21(15-25)5-10-24-16-26(35-29(20)39-31)11-12-28(24)38-32(42)37-27-13-14-40(19-27)30(41)23-8-6-22(17-33)7-9-23/h2-4,6-9,11-12,15-16,18,27H,5,10,13-14,19H2,1H3,(H2,37,38,42)(H2,34,35,36,39)/t27-/m0/s1. The predicted molar refractivity (Wildman–Crippen MR) is 161 cm³/mol. The summed E-state index contributed by atoms with van der Waals surface area (Å²) in [6.45, 7) is 2.92. The summed E-state index contributed by atoms with van der Waals surface area (Å²) in [5, 5.41) is 21.8. The van der Waals surface area contributed by atoms with E-state index in [4.69, 9.17) is 5.26 Å². The molecule has 4 aromatic rings.